The zero-order chi connectivity index (χ0) is 15.4. The Morgan fingerprint density at radius 1 is 1.43 bits per heavy atom. The fourth-order valence-electron chi connectivity index (χ4n) is 2.02. The number of nitrogens with zero attached hydrogens (tertiary/aromatic N) is 3. The van der Waals surface area contributed by atoms with Crippen LogP contribution in [0.5, 0.6) is 0 Å². The van der Waals surface area contributed by atoms with Crippen LogP contribution in [-0.2, 0) is 13.5 Å². The summed E-state index contributed by atoms with van der Waals surface area (Å²) in [6.45, 7) is 2.03. The minimum Gasteiger partial charge on any atom is -0.321 e. The smallest absolute Gasteiger partial charge is 0.275 e. The molecular formula is C15H15ClN4O. The van der Waals surface area contributed by atoms with Crippen molar-refractivity contribution < 1.29 is 4.79 Å². The van der Waals surface area contributed by atoms with E-state index in [9.17, 15) is 4.79 Å². The molecule has 108 valence electrons. The summed E-state index contributed by atoms with van der Waals surface area (Å²) < 4.78 is 1.49. The van der Waals surface area contributed by atoms with E-state index >= 15 is 0 Å². The molecule has 0 aliphatic heterocycles. The maximum Gasteiger partial charge on any atom is 0.275 e. The van der Waals surface area contributed by atoms with Crippen LogP contribution >= 0.6 is 11.6 Å². The van der Waals surface area contributed by atoms with Crippen molar-refractivity contribution in [2.45, 2.75) is 19.8 Å². The quantitative estimate of drug-likeness (QED) is 0.943. The molecule has 5 nitrogen and oxygen atoms in total. The van der Waals surface area contributed by atoms with Gasteiger partial charge in [0, 0.05) is 12.7 Å². The number of hydrogen-bond acceptors (Lipinski definition) is 3. The van der Waals surface area contributed by atoms with E-state index in [4.69, 9.17) is 16.9 Å². The van der Waals surface area contributed by atoms with E-state index < -0.39 is 0 Å². The molecule has 0 atom stereocenters. The van der Waals surface area contributed by atoms with Gasteiger partial charge in [-0.25, -0.2) is 0 Å². The van der Waals surface area contributed by atoms with E-state index in [1.165, 1.54) is 4.68 Å². The number of halogens is 1. The summed E-state index contributed by atoms with van der Waals surface area (Å²) in [6, 6.07) is 8.66. The molecule has 1 amide bonds. The monoisotopic (exact) mass is 302 g/mol. The number of rotatable bonds is 4. The maximum atomic E-state index is 12.3. The summed E-state index contributed by atoms with van der Waals surface area (Å²) in [5, 5.41) is 16.2. The van der Waals surface area contributed by atoms with Gasteiger partial charge in [-0.15, -0.1) is 0 Å². The van der Waals surface area contributed by atoms with Crippen LogP contribution < -0.4 is 5.32 Å². The van der Waals surface area contributed by atoms with Crippen molar-refractivity contribution in [1.29, 1.82) is 5.26 Å². The molecule has 0 spiro atoms. The average Bonchev–Trinajstić information content (AvgIpc) is 2.75. The average molecular weight is 303 g/mol. The second-order valence-electron chi connectivity index (χ2n) is 4.63. The van der Waals surface area contributed by atoms with Crippen molar-refractivity contribution >= 4 is 23.2 Å². The third kappa shape index (κ3) is 3.23. The molecule has 0 aliphatic rings. The standard InChI is InChI=1S/C15H15ClN4O/c1-3-4-12-13(16)14(20(2)19-12)15(21)18-11-7-5-10(9-17)6-8-11/h5-8H,3-4H2,1-2H3,(H,18,21). The van der Waals surface area contributed by atoms with Crippen molar-refractivity contribution in [1.82, 2.24) is 9.78 Å². The molecular weight excluding hydrogens is 288 g/mol. The number of benzene rings is 1. The minimum atomic E-state index is -0.318. The van der Waals surface area contributed by atoms with Crippen molar-refractivity contribution in [2.75, 3.05) is 5.32 Å². The van der Waals surface area contributed by atoms with Crippen molar-refractivity contribution in [3.8, 4) is 6.07 Å². The molecule has 6 heteroatoms. The van der Waals surface area contributed by atoms with Gasteiger partial charge in [0.25, 0.3) is 5.91 Å². The fourth-order valence-corrected chi connectivity index (χ4v) is 2.36. The molecule has 0 radical (unpaired) electrons. The summed E-state index contributed by atoms with van der Waals surface area (Å²) in [5.74, 6) is -0.318. The lowest BCUT2D eigenvalue weighted by Gasteiger charge is -2.05. The summed E-state index contributed by atoms with van der Waals surface area (Å²) in [5.41, 5.74) is 2.21. The molecule has 21 heavy (non-hydrogen) atoms. The Labute approximate surface area is 128 Å². The Bertz CT molecular complexity index is 698. The molecule has 0 saturated heterocycles. The van der Waals surface area contributed by atoms with Gasteiger partial charge in [-0.2, -0.15) is 10.4 Å². The van der Waals surface area contributed by atoms with E-state index in [0.29, 0.717) is 22.0 Å². The van der Waals surface area contributed by atoms with Gasteiger partial charge in [-0.1, -0.05) is 24.9 Å². The number of aryl methyl sites for hydroxylation is 2. The Balaban J connectivity index is 2.22. The molecule has 2 rings (SSSR count). The van der Waals surface area contributed by atoms with Gasteiger partial charge in [-0.3, -0.25) is 9.48 Å². The van der Waals surface area contributed by atoms with E-state index in [-0.39, 0.29) is 5.91 Å². The van der Waals surface area contributed by atoms with Crippen LogP contribution in [0.1, 0.15) is 35.1 Å². The lowest BCUT2D eigenvalue weighted by atomic mass is 10.2. The first-order valence-electron chi connectivity index (χ1n) is 6.59. The molecule has 1 heterocycles. The van der Waals surface area contributed by atoms with Gasteiger partial charge in [0.1, 0.15) is 5.69 Å². The van der Waals surface area contributed by atoms with Gasteiger partial charge < -0.3 is 5.32 Å². The van der Waals surface area contributed by atoms with Crippen LogP contribution in [0.15, 0.2) is 24.3 Å². The summed E-state index contributed by atoms with van der Waals surface area (Å²) >= 11 is 6.23. The first-order valence-corrected chi connectivity index (χ1v) is 6.97. The van der Waals surface area contributed by atoms with Crippen LogP contribution in [0.3, 0.4) is 0 Å². The van der Waals surface area contributed by atoms with Crippen molar-refractivity contribution in [3.63, 3.8) is 0 Å². The second kappa shape index (κ2) is 6.42. The predicted molar refractivity (Wildman–Crippen MR) is 81.3 cm³/mol. The molecule has 1 N–H and O–H groups in total. The van der Waals surface area contributed by atoms with Crippen LogP contribution in [0, 0.1) is 11.3 Å². The van der Waals surface area contributed by atoms with Crippen LogP contribution in [0.25, 0.3) is 0 Å². The molecule has 1 aromatic heterocycles. The van der Waals surface area contributed by atoms with E-state index in [2.05, 4.69) is 10.4 Å². The van der Waals surface area contributed by atoms with Crippen molar-refractivity contribution in [2.24, 2.45) is 7.05 Å². The first-order chi connectivity index (χ1) is 10.1. The van der Waals surface area contributed by atoms with E-state index in [1.807, 2.05) is 13.0 Å². The van der Waals surface area contributed by atoms with Crippen LogP contribution in [0.2, 0.25) is 5.02 Å². The number of carbonyl (C=O) groups excluding carboxylic acids is 1. The number of aromatic nitrogens is 2. The normalized spacial score (nSPS) is 10.2. The lowest BCUT2D eigenvalue weighted by molar-refractivity contribution is 0.101. The predicted octanol–water partition coefficient (Wildman–Crippen LogP) is 3.15. The number of nitriles is 1. The SMILES string of the molecule is CCCc1nn(C)c(C(=O)Nc2ccc(C#N)cc2)c1Cl. The third-order valence-electron chi connectivity index (χ3n) is 3.03. The van der Waals surface area contributed by atoms with Crippen molar-refractivity contribution in [3.05, 3.63) is 46.2 Å². The molecule has 0 aliphatic carbocycles. The first kappa shape index (κ1) is 15.1. The maximum absolute atomic E-state index is 12.3. The molecule has 0 bridgehead atoms. The summed E-state index contributed by atoms with van der Waals surface area (Å²) in [7, 11) is 1.69. The number of nitrogens with one attached hydrogen (secondary N) is 1. The van der Waals surface area contributed by atoms with Gasteiger partial charge >= 0.3 is 0 Å². The summed E-state index contributed by atoms with van der Waals surface area (Å²) in [4.78, 5) is 12.3. The van der Waals surface area contributed by atoms with Gasteiger partial charge in [0.15, 0.2) is 0 Å². The van der Waals surface area contributed by atoms with E-state index in [0.717, 1.165) is 18.5 Å². The van der Waals surface area contributed by atoms with Gasteiger partial charge in [0.2, 0.25) is 0 Å². The number of hydrogen-bond donors (Lipinski definition) is 1. The Kier molecular flexibility index (Phi) is 4.61. The van der Waals surface area contributed by atoms with Crippen LogP contribution in [0.4, 0.5) is 5.69 Å². The minimum absolute atomic E-state index is 0.318. The fraction of sp³-hybridized carbons (Fsp3) is 0.267. The third-order valence-corrected chi connectivity index (χ3v) is 3.43. The molecule has 2 aromatic rings. The molecule has 0 saturated carbocycles. The topological polar surface area (TPSA) is 70.7 Å². The molecule has 0 fully saturated rings. The number of carbonyl (C=O) groups is 1. The summed E-state index contributed by atoms with van der Waals surface area (Å²) in [6.07, 6.45) is 1.64. The van der Waals surface area contributed by atoms with E-state index in [1.54, 1.807) is 31.3 Å². The Morgan fingerprint density at radius 2 is 2.10 bits per heavy atom. The molecule has 0 unspecified atom stereocenters. The zero-order valence-electron chi connectivity index (χ0n) is 11.9. The highest BCUT2D eigenvalue weighted by Gasteiger charge is 2.20. The Morgan fingerprint density at radius 3 is 2.67 bits per heavy atom. The largest absolute Gasteiger partial charge is 0.321 e. The highest BCUT2D eigenvalue weighted by molar-refractivity contribution is 6.34. The van der Waals surface area contributed by atoms with Gasteiger partial charge in [-0.05, 0) is 30.7 Å². The second-order valence-corrected chi connectivity index (χ2v) is 5.00. The van der Waals surface area contributed by atoms with Crippen LogP contribution in [-0.4, -0.2) is 15.7 Å². The number of amides is 1. The number of anilines is 1. The highest BCUT2D eigenvalue weighted by Crippen LogP contribution is 2.22. The lowest BCUT2D eigenvalue weighted by Crippen LogP contribution is -2.16. The zero-order valence-corrected chi connectivity index (χ0v) is 12.6. The highest BCUT2D eigenvalue weighted by atomic mass is 35.5. The molecule has 1 aromatic carbocycles. The van der Waals surface area contributed by atoms with Gasteiger partial charge in [0.05, 0.1) is 22.3 Å². The Hall–Kier alpha value is -2.32.